The molecule has 1 fully saturated rings. The Bertz CT molecular complexity index is 915. The van der Waals surface area contributed by atoms with Crippen LogP contribution in [0.2, 0.25) is 0 Å². The number of carbonyl (C=O) groups is 3. The third-order valence-corrected chi connectivity index (χ3v) is 4.87. The fraction of sp³-hybridized carbons (Fsp3) is 0.316. The highest BCUT2D eigenvalue weighted by Gasteiger charge is 2.45. The van der Waals surface area contributed by atoms with E-state index in [2.05, 4.69) is 5.92 Å². The predicted octanol–water partition coefficient (Wildman–Crippen LogP) is 1.78. The molecule has 26 heavy (non-hydrogen) atoms. The maximum atomic E-state index is 14.7. The summed E-state index contributed by atoms with van der Waals surface area (Å²) in [5.41, 5.74) is 0.487. The lowest BCUT2D eigenvalue weighted by Gasteiger charge is -2.29. The smallest absolute Gasteiger partial charge is 0.265 e. The second-order valence-electron chi connectivity index (χ2n) is 6.37. The highest BCUT2D eigenvalue weighted by Crippen LogP contribution is 2.42. The molecule has 1 unspecified atom stereocenters. The quantitative estimate of drug-likeness (QED) is 0.600. The van der Waals surface area contributed by atoms with Crippen molar-refractivity contribution in [3.8, 4) is 18.1 Å². The van der Waals surface area contributed by atoms with Crippen molar-refractivity contribution < 1.29 is 23.5 Å². The lowest BCUT2D eigenvalue weighted by atomic mass is 9.90. The van der Waals surface area contributed by atoms with E-state index in [9.17, 15) is 18.8 Å². The molecule has 0 saturated carbocycles. The van der Waals surface area contributed by atoms with Crippen molar-refractivity contribution in [1.29, 1.82) is 0 Å². The van der Waals surface area contributed by atoms with Gasteiger partial charge in [-0.2, -0.15) is 0 Å². The van der Waals surface area contributed by atoms with Gasteiger partial charge in [-0.15, -0.1) is 6.42 Å². The van der Waals surface area contributed by atoms with Gasteiger partial charge in [0.05, 0.1) is 23.8 Å². The van der Waals surface area contributed by atoms with Gasteiger partial charge in [-0.3, -0.25) is 19.3 Å². The topological polar surface area (TPSA) is 66.9 Å². The zero-order valence-electron chi connectivity index (χ0n) is 13.8. The Morgan fingerprint density at radius 3 is 2.81 bits per heavy atom. The van der Waals surface area contributed by atoms with Crippen molar-refractivity contribution in [2.24, 2.45) is 5.92 Å². The van der Waals surface area contributed by atoms with Gasteiger partial charge in [0.2, 0.25) is 5.91 Å². The number of carbonyl (C=O) groups excluding carboxylic acids is 3. The normalized spacial score (nSPS) is 21.8. The number of benzene rings is 1. The van der Waals surface area contributed by atoms with Crippen LogP contribution in [0.5, 0.6) is 5.75 Å². The lowest BCUT2D eigenvalue weighted by molar-refractivity contribution is -0.122. The number of anilines is 2. The van der Waals surface area contributed by atoms with Crippen molar-refractivity contribution in [2.45, 2.75) is 19.3 Å². The molecular formula is C19H15FN2O4. The van der Waals surface area contributed by atoms with E-state index in [0.29, 0.717) is 12.0 Å². The maximum Gasteiger partial charge on any atom is 0.265 e. The first-order chi connectivity index (χ1) is 12.5. The third kappa shape index (κ3) is 2.30. The Morgan fingerprint density at radius 2 is 2.08 bits per heavy atom. The average molecular weight is 354 g/mol. The Morgan fingerprint density at radius 1 is 1.27 bits per heavy atom. The van der Waals surface area contributed by atoms with E-state index in [1.807, 2.05) is 0 Å². The van der Waals surface area contributed by atoms with Crippen LogP contribution in [0.15, 0.2) is 23.8 Å². The number of amides is 3. The average Bonchev–Trinajstić information content (AvgIpc) is 2.89. The molecule has 1 atom stereocenters. The fourth-order valence-corrected chi connectivity index (χ4v) is 3.63. The van der Waals surface area contributed by atoms with Crippen LogP contribution in [0.4, 0.5) is 15.8 Å². The van der Waals surface area contributed by atoms with Crippen LogP contribution >= 0.6 is 0 Å². The van der Waals surface area contributed by atoms with E-state index in [1.165, 1.54) is 11.0 Å². The summed E-state index contributed by atoms with van der Waals surface area (Å²) in [7, 11) is 0. The molecule has 1 aromatic rings. The number of hydrogen-bond donors (Lipinski definition) is 0. The molecule has 3 amide bonds. The van der Waals surface area contributed by atoms with Crippen molar-refractivity contribution in [3.05, 3.63) is 29.6 Å². The summed E-state index contributed by atoms with van der Waals surface area (Å²) in [6, 6.07) is 2.37. The van der Waals surface area contributed by atoms with Gasteiger partial charge in [0, 0.05) is 11.6 Å². The number of terminal acetylenes is 1. The van der Waals surface area contributed by atoms with Gasteiger partial charge in [-0.05, 0) is 25.3 Å². The molecule has 2 aliphatic heterocycles. The van der Waals surface area contributed by atoms with Gasteiger partial charge in [0.25, 0.3) is 11.8 Å². The molecular weight excluding hydrogens is 339 g/mol. The fourth-order valence-electron chi connectivity index (χ4n) is 3.63. The summed E-state index contributed by atoms with van der Waals surface area (Å²) < 4.78 is 19.9. The second-order valence-corrected chi connectivity index (χ2v) is 6.37. The molecule has 132 valence electrons. The molecule has 7 heteroatoms. The van der Waals surface area contributed by atoms with E-state index >= 15 is 0 Å². The van der Waals surface area contributed by atoms with E-state index in [0.717, 1.165) is 23.8 Å². The van der Waals surface area contributed by atoms with Gasteiger partial charge in [0.1, 0.15) is 5.75 Å². The van der Waals surface area contributed by atoms with Gasteiger partial charge >= 0.3 is 0 Å². The van der Waals surface area contributed by atoms with Crippen LogP contribution in [0.25, 0.3) is 0 Å². The Hall–Kier alpha value is -3.14. The van der Waals surface area contributed by atoms with E-state index in [1.54, 1.807) is 6.08 Å². The summed E-state index contributed by atoms with van der Waals surface area (Å²) in [6.45, 7) is -0.264. The van der Waals surface area contributed by atoms with Crippen molar-refractivity contribution in [3.63, 3.8) is 0 Å². The Kier molecular flexibility index (Phi) is 3.76. The largest absolute Gasteiger partial charge is 0.481 e. The number of rotatable bonds is 2. The number of ether oxygens (including phenoxy) is 1. The zero-order chi connectivity index (χ0) is 18.4. The number of halogens is 1. The van der Waals surface area contributed by atoms with Gasteiger partial charge in [-0.25, -0.2) is 9.29 Å². The highest BCUT2D eigenvalue weighted by molar-refractivity contribution is 6.29. The molecule has 0 aromatic heterocycles. The van der Waals surface area contributed by atoms with Crippen LogP contribution < -0.4 is 14.5 Å². The number of fused-ring (bicyclic) bond motifs is 2. The third-order valence-electron chi connectivity index (χ3n) is 4.87. The van der Waals surface area contributed by atoms with E-state index in [-0.39, 0.29) is 36.2 Å². The van der Waals surface area contributed by atoms with Crippen LogP contribution in [-0.2, 0) is 14.4 Å². The molecule has 1 aliphatic carbocycles. The zero-order valence-corrected chi connectivity index (χ0v) is 13.8. The monoisotopic (exact) mass is 354 g/mol. The first-order valence-corrected chi connectivity index (χ1v) is 8.31. The highest BCUT2D eigenvalue weighted by atomic mass is 19.1. The Balaban J connectivity index is 1.81. The summed E-state index contributed by atoms with van der Waals surface area (Å²) in [5, 5.41) is 0. The summed E-state index contributed by atoms with van der Waals surface area (Å²) >= 11 is 0. The van der Waals surface area contributed by atoms with Crippen LogP contribution in [0, 0.1) is 24.1 Å². The van der Waals surface area contributed by atoms with Crippen LogP contribution in [-0.4, -0.2) is 30.9 Å². The molecule has 0 bridgehead atoms. The lowest BCUT2D eigenvalue weighted by Crippen LogP contribution is -2.39. The number of hydrogen-bond acceptors (Lipinski definition) is 4. The molecule has 4 rings (SSSR count). The molecule has 0 spiro atoms. The summed E-state index contributed by atoms with van der Waals surface area (Å²) in [6.07, 6.45) is 9.17. The maximum absolute atomic E-state index is 14.7. The number of nitrogens with zero attached hydrogens (tertiary/aromatic N) is 2. The number of imide groups is 1. The van der Waals surface area contributed by atoms with Crippen molar-refractivity contribution in [2.75, 3.05) is 23.0 Å². The minimum atomic E-state index is -0.764. The molecule has 0 radical (unpaired) electrons. The van der Waals surface area contributed by atoms with Crippen LogP contribution in [0.3, 0.4) is 0 Å². The first-order valence-electron chi connectivity index (χ1n) is 8.31. The van der Waals surface area contributed by atoms with Gasteiger partial charge in [0.15, 0.2) is 12.4 Å². The van der Waals surface area contributed by atoms with E-state index in [4.69, 9.17) is 11.2 Å². The first kappa shape index (κ1) is 16.3. The minimum Gasteiger partial charge on any atom is -0.481 e. The standard InChI is InChI=1S/C19H15FN2O4/c1-2-7-21-15-9-14(13(20)8-16(15)26-10-17(21)23)22-18(24)11-5-3-4-6-12(11)19(22)25/h1,5,8-9,12H,3-4,6-7,10H2. The molecule has 0 N–H and O–H groups in total. The van der Waals surface area contributed by atoms with Crippen molar-refractivity contribution >= 4 is 29.1 Å². The van der Waals surface area contributed by atoms with Gasteiger partial charge in [-0.1, -0.05) is 12.0 Å². The summed E-state index contributed by atoms with van der Waals surface area (Å²) in [5.74, 6) is -0.0860. The Labute approximate surface area is 149 Å². The number of allylic oxidation sites excluding steroid dienone is 1. The van der Waals surface area contributed by atoms with E-state index < -0.39 is 23.5 Å². The molecule has 2 heterocycles. The van der Waals surface area contributed by atoms with Gasteiger partial charge < -0.3 is 4.74 Å². The van der Waals surface area contributed by atoms with Crippen molar-refractivity contribution in [1.82, 2.24) is 0 Å². The molecule has 3 aliphatic rings. The minimum absolute atomic E-state index is 0.0179. The SMILES string of the molecule is C#CCN1C(=O)COc2cc(F)c(N3C(=O)C4=CCCCC4C3=O)cc21. The molecule has 6 nitrogen and oxygen atoms in total. The summed E-state index contributed by atoms with van der Waals surface area (Å²) in [4.78, 5) is 39.6. The second kappa shape index (κ2) is 5.99. The molecule has 1 aromatic carbocycles. The van der Waals surface area contributed by atoms with Crippen LogP contribution in [0.1, 0.15) is 19.3 Å². The predicted molar refractivity (Wildman–Crippen MR) is 91.0 cm³/mol. The molecule has 1 saturated heterocycles.